The first-order valence-corrected chi connectivity index (χ1v) is 6.02. The van der Waals surface area contributed by atoms with E-state index in [2.05, 4.69) is 10.6 Å². The first-order chi connectivity index (χ1) is 9.54. The number of benzene rings is 2. The number of hydrogen-bond acceptors (Lipinski definition) is 3. The Bertz CT molecular complexity index is 636. The van der Waals surface area contributed by atoms with E-state index in [-0.39, 0.29) is 17.6 Å². The molecule has 2 aromatic rings. The molecular formula is C15H14N2O3. The number of amides is 2. The predicted molar refractivity (Wildman–Crippen MR) is 76.8 cm³/mol. The summed E-state index contributed by atoms with van der Waals surface area (Å²) in [6.45, 7) is 1.42. The van der Waals surface area contributed by atoms with E-state index in [0.717, 1.165) is 0 Å². The fraction of sp³-hybridized carbons (Fsp3) is 0.0667. The van der Waals surface area contributed by atoms with Crippen molar-refractivity contribution in [2.75, 3.05) is 10.6 Å². The molecule has 0 spiro atoms. The lowest BCUT2D eigenvalue weighted by Crippen LogP contribution is -2.12. The van der Waals surface area contributed by atoms with Gasteiger partial charge in [0.25, 0.3) is 5.91 Å². The van der Waals surface area contributed by atoms with Gasteiger partial charge in [0.05, 0.1) is 0 Å². The van der Waals surface area contributed by atoms with Crippen molar-refractivity contribution >= 4 is 23.2 Å². The zero-order valence-electron chi connectivity index (χ0n) is 10.9. The molecule has 0 aliphatic heterocycles. The first-order valence-electron chi connectivity index (χ1n) is 6.02. The van der Waals surface area contributed by atoms with E-state index in [1.54, 1.807) is 36.4 Å². The van der Waals surface area contributed by atoms with E-state index in [4.69, 9.17) is 0 Å². The molecule has 2 amide bonds. The molecule has 0 aromatic heterocycles. The minimum atomic E-state index is -0.287. The highest BCUT2D eigenvalue weighted by molar-refractivity contribution is 6.04. The topological polar surface area (TPSA) is 78.4 Å². The zero-order chi connectivity index (χ0) is 14.5. The van der Waals surface area contributed by atoms with Gasteiger partial charge >= 0.3 is 0 Å². The van der Waals surface area contributed by atoms with Crippen LogP contribution < -0.4 is 10.6 Å². The zero-order valence-corrected chi connectivity index (χ0v) is 10.9. The molecule has 0 saturated carbocycles. The van der Waals surface area contributed by atoms with Crippen LogP contribution in [0.3, 0.4) is 0 Å². The summed E-state index contributed by atoms with van der Waals surface area (Å²) in [5, 5.41) is 14.6. The lowest BCUT2D eigenvalue weighted by molar-refractivity contribution is -0.114. The number of carbonyl (C=O) groups is 2. The highest BCUT2D eigenvalue weighted by Gasteiger charge is 2.06. The molecule has 0 heterocycles. The average Bonchev–Trinajstić information content (AvgIpc) is 2.38. The van der Waals surface area contributed by atoms with Gasteiger partial charge in [-0.15, -0.1) is 0 Å². The highest BCUT2D eigenvalue weighted by Crippen LogP contribution is 2.17. The highest BCUT2D eigenvalue weighted by atomic mass is 16.3. The summed E-state index contributed by atoms with van der Waals surface area (Å²) in [7, 11) is 0. The molecule has 0 unspecified atom stereocenters. The van der Waals surface area contributed by atoms with Gasteiger partial charge in [0.2, 0.25) is 5.91 Å². The van der Waals surface area contributed by atoms with E-state index >= 15 is 0 Å². The third-order valence-corrected chi connectivity index (χ3v) is 2.57. The monoisotopic (exact) mass is 270 g/mol. The van der Waals surface area contributed by atoms with Gasteiger partial charge in [0, 0.05) is 29.9 Å². The molecule has 0 aliphatic rings. The van der Waals surface area contributed by atoms with Crippen molar-refractivity contribution in [2.45, 2.75) is 6.92 Å². The van der Waals surface area contributed by atoms with Crippen LogP contribution in [-0.4, -0.2) is 16.9 Å². The van der Waals surface area contributed by atoms with Gasteiger partial charge in [-0.25, -0.2) is 0 Å². The third kappa shape index (κ3) is 3.58. The fourth-order valence-electron chi connectivity index (χ4n) is 1.70. The summed E-state index contributed by atoms with van der Waals surface area (Å²) in [5.74, 6) is -0.365. The van der Waals surface area contributed by atoms with E-state index in [1.807, 2.05) is 0 Å². The second-order valence-corrected chi connectivity index (χ2v) is 4.26. The summed E-state index contributed by atoms with van der Waals surface area (Å²) >= 11 is 0. The van der Waals surface area contributed by atoms with Crippen LogP contribution in [-0.2, 0) is 4.79 Å². The van der Waals surface area contributed by atoms with Crippen LogP contribution in [0, 0.1) is 0 Å². The maximum Gasteiger partial charge on any atom is 0.255 e. The fourth-order valence-corrected chi connectivity index (χ4v) is 1.70. The van der Waals surface area contributed by atoms with Crippen LogP contribution in [0.2, 0.25) is 0 Å². The van der Waals surface area contributed by atoms with Crippen molar-refractivity contribution in [2.24, 2.45) is 0 Å². The Morgan fingerprint density at radius 2 is 1.65 bits per heavy atom. The SMILES string of the molecule is CC(=O)Nc1ccc(C(=O)Nc2cccc(O)c2)cc1. The molecule has 0 bridgehead atoms. The molecule has 0 aliphatic carbocycles. The number of phenolic OH excluding ortho intramolecular Hbond substituents is 1. The Hall–Kier alpha value is -2.82. The number of carbonyl (C=O) groups excluding carboxylic acids is 2. The van der Waals surface area contributed by atoms with Gasteiger partial charge in [0.15, 0.2) is 0 Å². The van der Waals surface area contributed by atoms with Crippen LogP contribution in [0.5, 0.6) is 5.75 Å². The number of anilines is 2. The van der Waals surface area contributed by atoms with Gasteiger partial charge in [-0.3, -0.25) is 9.59 Å². The number of rotatable bonds is 3. The summed E-state index contributed by atoms with van der Waals surface area (Å²) in [6, 6.07) is 12.8. The van der Waals surface area contributed by atoms with Gasteiger partial charge in [-0.05, 0) is 36.4 Å². The standard InChI is InChI=1S/C15H14N2O3/c1-10(18)16-12-7-5-11(6-8-12)15(20)17-13-3-2-4-14(19)9-13/h2-9,19H,1H3,(H,16,18)(H,17,20). The summed E-state index contributed by atoms with van der Waals surface area (Å²) in [4.78, 5) is 22.9. The summed E-state index contributed by atoms with van der Waals surface area (Å²) < 4.78 is 0. The lowest BCUT2D eigenvalue weighted by atomic mass is 10.2. The van der Waals surface area contributed by atoms with E-state index in [0.29, 0.717) is 16.9 Å². The molecule has 5 nitrogen and oxygen atoms in total. The molecule has 0 radical (unpaired) electrons. The van der Waals surface area contributed by atoms with Crippen LogP contribution in [0.4, 0.5) is 11.4 Å². The summed E-state index contributed by atoms with van der Waals surface area (Å²) in [6.07, 6.45) is 0. The predicted octanol–water partition coefficient (Wildman–Crippen LogP) is 2.60. The Morgan fingerprint density at radius 3 is 2.25 bits per heavy atom. The maximum absolute atomic E-state index is 12.0. The molecule has 3 N–H and O–H groups in total. The Morgan fingerprint density at radius 1 is 0.950 bits per heavy atom. The quantitative estimate of drug-likeness (QED) is 0.802. The van der Waals surface area contributed by atoms with Crippen LogP contribution >= 0.6 is 0 Å². The second-order valence-electron chi connectivity index (χ2n) is 4.26. The van der Waals surface area contributed by atoms with E-state index in [1.165, 1.54) is 19.1 Å². The maximum atomic E-state index is 12.0. The van der Waals surface area contributed by atoms with Crippen molar-refractivity contribution in [1.29, 1.82) is 0 Å². The van der Waals surface area contributed by atoms with E-state index in [9.17, 15) is 14.7 Å². The Labute approximate surface area is 116 Å². The lowest BCUT2D eigenvalue weighted by Gasteiger charge is -2.07. The number of nitrogens with one attached hydrogen (secondary N) is 2. The minimum Gasteiger partial charge on any atom is -0.508 e. The molecule has 2 aromatic carbocycles. The molecule has 20 heavy (non-hydrogen) atoms. The van der Waals surface area contributed by atoms with Gasteiger partial charge < -0.3 is 15.7 Å². The summed E-state index contributed by atoms with van der Waals surface area (Å²) in [5.41, 5.74) is 1.61. The van der Waals surface area contributed by atoms with Crippen molar-refractivity contribution < 1.29 is 14.7 Å². The molecular weight excluding hydrogens is 256 g/mol. The Kier molecular flexibility index (Phi) is 4.00. The van der Waals surface area contributed by atoms with Crippen LogP contribution in [0.25, 0.3) is 0 Å². The smallest absolute Gasteiger partial charge is 0.255 e. The second kappa shape index (κ2) is 5.88. The van der Waals surface area contributed by atoms with Gasteiger partial charge in [0.1, 0.15) is 5.75 Å². The van der Waals surface area contributed by atoms with Crippen LogP contribution in [0.1, 0.15) is 17.3 Å². The molecule has 0 atom stereocenters. The van der Waals surface area contributed by atoms with Gasteiger partial charge in [-0.2, -0.15) is 0 Å². The van der Waals surface area contributed by atoms with Crippen LogP contribution in [0.15, 0.2) is 48.5 Å². The molecule has 2 rings (SSSR count). The minimum absolute atomic E-state index is 0.0869. The average molecular weight is 270 g/mol. The van der Waals surface area contributed by atoms with Crippen molar-refractivity contribution in [3.63, 3.8) is 0 Å². The number of hydrogen-bond donors (Lipinski definition) is 3. The number of phenols is 1. The third-order valence-electron chi connectivity index (χ3n) is 2.57. The van der Waals surface area contributed by atoms with Crippen molar-refractivity contribution in [1.82, 2.24) is 0 Å². The van der Waals surface area contributed by atoms with Crippen molar-refractivity contribution in [3.05, 3.63) is 54.1 Å². The molecule has 5 heteroatoms. The normalized spacial score (nSPS) is 9.85. The molecule has 102 valence electrons. The molecule has 0 saturated heterocycles. The largest absolute Gasteiger partial charge is 0.508 e. The van der Waals surface area contributed by atoms with Crippen molar-refractivity contribution in [3.8, 4) is 5.75 Å². The first kappa shape index (κ1) is 13.6. The van der Waals surface area contributed by atoms with Gasteiger partial charge in [-0.1, -0.05) is 6.07 Å². The number of aromatic hydroxyl groups is 1. The van der Waals surface area contributed by atoms with E-state index < -0.39 is 0 Å². The Balaban J connectivity index is 2.07. The molecule has 0 fully saturated rings.